The highest BCUT2D eigenvalue weighted by Crippen LogP contribution is 2.25. The lowest BCUT2D eigenvalue weighted by Gasteiger charge is -2.32. The first-order valence-corrected chi connectivity index (χ1v) is 9.18. The van der Waals surface area contributed by atoms with Crippen LogP contribution >= 0.6 is 0 Å². The smallest absolute Gasteiger partial charge is 0.324 e. The molecule has 1 aliphatic rings. The van der Waals surface area contributed by atoms with Crippen LogP contribution < -0.4 is 16.0 Å². The maximum absolute atomic E-state index is 12.4. The molecule has 8 nitrogen and oxygen atoms in total. The van der Waals surface area contributed by atoms with Crippen LogP contribution in [0.1, 0.15) is 24.4 Å². The number of benzene rings is 1. The number of piperidine rings is 1. The fourth-order valence-electron chi connectivity index (χ4n) is 3.31. The number of nitrogens with one attached hydrogen (secondary N) is 3. The van der Waals surface area contributed by atoms with E-state index in [0.717, 1.165) is 24.1 Å². The van der Waals surface area contributed by atoms with Crippen LogP contribution in [0.2, 0.25) is 0 Å². The second kappa shape index (κ2) is 8.68. The van der Waals surface area contributed by atoms with Crippen molar-refractivity contribution in [2.24, 2.45) is 0 Å². The Morgan fingerprint density at radius 2 is 1.89 bits per heavy atom. The number of hydrogen-bond acceptors (Lipinski definition) is 4. The fourth-order valence-corrected chi connectivity index (χ4v) is 3.31. The van der Waals surface area contributed by atoms with Crippen molar-refractivity contribution in [3.05, 3.63) is 42.1 Å². The normalized spacial score (nSPS) is 14.8. The van der Waals surface area contributed by atoms with Gasteiger partial charge in [0.05, 0.1) is 18.8 Å². The molecular formula is C19H26N6O2. The highest BCUT2D eigenvalue weighted by atomic mass is 16.2. The monoisotopic (exact) mass is 370 g/mol. The van der Waals surface area contributed by atoms with E-state index in [2.05, 4.69) is 21.0 Å². The number of para-hydroxylation sites is 1. The number of aromatic nitrogens is 2. The Morgan fingerprint density at radius 1 is 1.15 bits per heavy atom. The fraction of sp³-hybridized carbons (Fsp3) is 0.421. The van der Waals surface area contributed by atoms with Gasteiger partial charge in [0.1, 0.15) is 5.82 Å². The Bertz CT molecular complexity index is 795. The van der Waals surface area contributed by atoms with E-state index in [9.17, 15) is 9.59 Å². The third-order valence-electron chi connectivity index (χ3n) is 4.80. The zero-order valence-corrected chi connectivity index (χ0v) is 15.7. The predicted molar refractivity (Wildman–Crippen MR) is 105 cm³/mol. The summed E-state index contributed by atoms with van der Waals surface area (Å²) in [6.45, 7) is 3.70. The summed E-state index contributed by atoms with van der Waals surface area (Å²) in [5.41, 5.74) is 1.78. The zero-order valence-electron chi connectivity index (χ0n) is 15.7. The van der Waals surface area contributed by atoms with Gasteiger partial charge < -0.3 is 15.5 Å². The van der Waals surface area contributed by atoms with Crippen molar-refractivity contribution < 1.29 is 9.59 Å². The van der Waals surface area contributed by atoms with Crippen molar-refractivity contribution in [1.29, 1.82) is 0 Å². The number of likely N-dealkylation sites (tertiary alicyclic amines) is 1. The topological polar surface area (TPSA) is 91.3 Å². The quantitative estimate of drug-likeness (QED) is 0.753. The lowest BCUT2D eigenvalue weighted by molar-refractivity contribution is -0.131. The lowest BCUT2D eigenvalue weighted by Crippen LogP contribution is -2.43. The molecule has 8 heteroatoms. The van der Waals surface area contributed by atoms with Crippen molar-refractivity contribution in [3.8, 4) is 0 Å². The first kappa shape index (κ1) is 18.9. The molecule has 3 amide bonds. The summed E-state index contributed by atoms with van der Waals surface area (Å²) in [6, 6.07) is 9.28. The second-order valence-electron chi connectivity index (χ2n) is 6.70. The molecule has 1 aliphatic heterocycles. The number of nitrogens with zero attached hydrogens (tertiary/aromatic N) is 3. The Labute approximate surface area is 158 Å². The summed E-state index contributed by atoms with van der Waals surface area (Å²) >= 11 is 0. The molecule has 2 aromatic rings. The molecular weight excluding hydrogens is 344 g/mol. The van der Waals surface area contributed by atoms with Gasteiger partial charge in [-0.3, -0.25) is 10.1 Å². The van der Waals surface area contributed by atoms with Crippen LogP contribution in [-0.2, 0) is 4.79 Å². The molecule has 27 heavy (non-hydrogen) atoms. The number of hydrogen-bond donors (Lipinski definition) is 3. The molecule has 1 saturated heterocycles. The molecule has 3 rings (SSSR count). The molecule has 0 aliphatic carbocycles. The van der Waals surface area contributed by atoms with Gasteiger partial charge in [0, 0.05) is 24.8 Å². The molecule has 0 radical (unpaired) electrons. The van der Waals surface area contributed by atoms with Crippen LogP contribution in [0.5, 0.6) is 0 Å². The highest BCUT2D eigenvalue weighted by molar-refractivity contribution is 5.99. The Hall–Kier alpha value is -2.87. The van der Waals surface area contributed by atoms with Crippen LogP contribution in [0.25, 0.3) is 0 Å². The average molecular weight is 370 g/mol. The minimum atomic E-state index is -0.298. The molecule has 1 aromatic carbocycles. The van der Waals surface area contributed by atoms with Gasteiger partial charge >= 0.3 is 6.03 Å². The maximum atomic E-state index is 12.4. The van der Waals surface area contributed by atoms with Gasteiger partial charge in [-0.15, -0.1) is 0 Å². The predicted octanol–water partition coefficient (Wildman–Crippen LogP) is 2.22. The molecule has 1 fully saturated rings. The third-order valence-corrected chi connectivity index (χ3v) is 4.80. The Morgan fingerprint density at radius 3 is 2.59 bits per heavy atom. The molecule has 0 atom stereocenters. The van der Waals surface area contributed by atoms with E-state index in [0.29, 0.717) is 25.5 Å². The van der Waals surface area contributed by atoms with Crippen molar-refractivity contribution >= 4 is 23.4 Å². The standard InChI is InChI=1S/C19H26N6O2/c1-14-5-3-4-6-16(14)22-19(27)23-17-7-10-21-25(17)15-8-11-24(12-9-15)18(26)13-20-2/h3-7,10,15,20H,8-9,11-13H2,1-2H3,(H2,22,23,27). The third kappa shape index (κ3) is 4.65. The largest absolute Gasteiger partial charge is 0.341 e. The summed E-state index contributed by atoms with van der Waals surface area (Å²) < 4.78 is 1.84. The molecule has 0 bridgehead atoms. The number of amides is 3. The Kier molecular flexibility index (Phi) is 6.08. The second-order valence-corrected chi connectivity index (χ2v) is 6.70. The van der Waals surface area contributed by atoms with Gasteiger partial charge in [-0.1, -0.05) is 18.2 Å². The number of carbonyl (C=O) groups excluding carboxylic acids is 2. The maximum Gasteiger partial charge on any atom is 0.324 e. The molecule has 0 saturated carbocycles. The highest BCUT2D eigenvalue weighted by Gasteiger charge is 2.25. The summed E-state index contributed by atoms with van der Waals surface area (Å²) in [7, 11) is 1.77. The first-order chi connectivity index (χ1) is 13.1. The van der Waals surface area contributed by atoms with Crippen LogP contribution in [0, 0.1) is 6.92 Å². The van der Waals surface area contributed by atoms with Crippen molar-refractivity contribution in [3.63, 3.8) is 0 Å². The lowest BCUT2D eigenvalue weighted by atomic mass is 10.1. The van der Waals surface area contributed by atoms with E-state index in [-0.39, 0.29) is 18.0 Å². The van der Waals surface area contributed by atoms with Crippen LogP contribution in [0.4, 0.5) is 16.3 Å². The summed E-state index contributed by atoms with van der Waals surface area (Å²) in [5, 5.41) is 13.0. The van der Waals surface area contributed by atoms with Gasteiger partial charge in [-0.25, -0.2) is 9.48 Å². The SMILES string of the molecule is CNCC(=O)N1CCC(n2nccc2NC(=O)Nc2ccccc2C)CC1. The van der Waals surface area contributed by atoms with E-state index in [1.54, 1.807) is 19.3 Å². The Balaban J connectivity index is 1.59. The number of rotatable bonds is 5. The summed E-state index contributed by atoms with van der Waals surface area (Å²) in [4.78, 5) is 26.2. The van der Waals surface area contributed by atoms with Crippen molar-refractivity contribution in [2.45, 2.75) is 25.8 Å². The van der Waals surface area contributed by atoms with Gasteiger partial charge in [0.25, 0.3) is 0 Å². The summed E-state index contributed by atoms with van der Waals surface area (Å²) in [6.07, 6.45) is 3.30. The first-order valence-electron chi connectivity index (χ1n) is 9.18. The molecule has 3 N–H and O–H groups in total. The van der Waals surface area contributed by atoms with E-state index in [4.69, 9.17) is 0 Å². The van der Waals surface area contributed by atoms with Crippen molar-refractivity contribution in [1.82, 2.24) is 20.0 Å². The van der Waals surface area contributed by atoms with Crippen LogP contribution in [0.3, 0.4) is 0 Å². The summed E-state index contributed by atoms with van der Waals surface area (Å²) in [5.74, 6) is 0.772. The van der Waals surface area contributed by atoms with Crippen LogP contribution in [-0.4, -0.2) is 53.3 Å². The zero-order chi connectivity index (χ0) is 19.2. The average Bonchev–Trinajstić information content (AvgIpc) is 3.12. The number of likely N-dealkylation sites (N-methyl/N-ethyl adjacent to an activating group) is 1. The van der Waals surface area contributed by atoms with E-state index in [1.165, 1.54) is 0 Å². The van der Waals surface area contributed by atoms with Gasteiger partial charge in [0.2, 0.25) is 5.91 Å². The number of anilines is 2. The van der Waals surface area contributed by atoms with Gasteiger partial charge in [-0.05, 0) is 38.4 Å². The number of aryl methyl sites for hydroxylation is 1. The molecule has 2 heterocycles. The van der Waals surface area contributed by atoms with Gasteiger partial charge in [-0.2, -0.15) is 5.10 Å². The molecule has 1 aromatic heterocycles. The van der Waals surface area contributed by atoms with Gasteiger partial charge in [0.15, 0.2) is 0 Å². The number of urea groups is 1. The van der Waals surface area contributed by atoms with E-state index in [1.807, 2.05) is 40.8 Å². The van der Waals surface area contributed by atoms with Crippen molar-refractivity contribution in [2.75, 3.05) is 37.3 Å². The van der Waals surface area contributed by atoms with Crippen LogP contribution in [0.15, 0.2) is 36.5 Å². The minimum absolute atomic E-state index is 0.118. The molecule has 0 spiro atoms. The van der Waals surface area contributed by atoms with E-state index < -0.39 is 0 Å². The molecule has 144 valence electrons. The van der Waals surface area contributed by atoms with E-state index >= 15 is 0 Å². The molecule has 0 unspecified atom stereocenters. The minimum Gasteiger partial charge on any atom is -0.341 e. The number of carbonyl (C=O) groups is 2.